The number of guanidine groups is 1. The lowest BCUT2D eigenvalue weighted by molar-refractivity contribution is -0.137. The standard InChI is InChI=1S/C18H26F3N3.HI/c1-3-24(4-2)16(22)23-13-17(10-5-6-11-17)14-8-7-9-15(12-14)18(19,20)21;/h7-9,12H,3-6,10-11,13H2,1-2H3,(H2,22,23);1H. The molecule has 1 aliphatic rings. The van der Waals surface area contributed by atoms with E-state index in [2.05, 4.69) is 4.99 Å². The Morgan fingerprint density at radius 3 is 2.32 bits per heavy atom. The molecule has 0 spiro atoms. The number of hydrogen-bond acceptors (Lipinski definition) is 1. The van der Waals surface area contributed by atoms with Crippen LogP contribution >= 0.6 is 24.0 Å². The monoisotopic (exact) mass is 469 g/mol. The zero-order chi connectivity index (χ0) is 17.8. The lowest BCUT2D eigenvalue weighted by Gasteiger charge is -2.29. The Morgan fingerprint density at radius 1 is 1.20 bits per heavy atom. The summed E-state index contributed by atoms with van der Waals surface area (Å²) in [4.78, 5) is 6.48. The van der Waals surface area contributed by atoms with Crippen LogP contribution in [0.3, 0.4) is 0 Å². The quantitative estimate of drug-likeness (QED) is 0.383. The van der Waals surface area contributed by atoms with Gasteiger partial charge in [-0.05, 0) is 38.3 Å². The van der Waals surface area contributed by atoms with Gasteiger partial charge in [-0.25, -0.2) is 0 Å². The van der Waals surface area contributed by atoms with Crippen LogP contribution < -0.4 is 5.73 Å². The Morgan fingerprint density at radius 2 is 1.80 bits per heavy atom. The van der Waals surface area contributed by atoms with Crippen LogP contribution in [0.2, 0.25) is 0 Å². The van der Waals surface area contributed by atoms with Gasteiger partial charge in [0.2, 0.25) is 0 Å². The first-order valence-electron chi connectivity index (χ1n) is 8.55. The van der Waals surface area contributed by atoms with Crippen LogP contribution in [-0.4, -0.2) is 30.5 Å². The van der Waals surface area contributed by atoms with Gasteiger partial charge in [-0.2, -0.15) is 13.2 Å². The molecule has 25 heavy (non-hydrogen) atoms. The van der Waals surface area contributed by atoms with E-state index in [1.165, 1.54) is 12.1 Å². The van der Waals surface area contributed by atoms with Crippen molar-refractivity contribution in [3.05, 3.63) is 35.4 Å². The van der Waals surface area contributed by atoms with Gasteiger partial charge in [0.15, 0.2) is 5.96 Å². The molecule has 1 fully saturated rings. The molecule has 0 aliphatic heterocycles. The summed E-state index contributed by atoms with van der Waals surface area (Å²) >= 11 is 0. The number of benzene rings is 1. The van der Waals surface area contributed by atoms with Gasteiger partial charge >= 0.3 is 6.18 Å². The van der Waals surface area contributed by atoms with Crippen LogP contribution in [-0.2, 0) is 11.6 Å². The molecule has 0 amide bonds. The summed E-state index contributed by atoms with van der Waals surface area (Å²) in [5.74, 6) is 0.471. The highest BCUT2D eigenvalue weighted by atomic mass is 127. The van der Waals surface area contributed by atoms with Crippen LogP contribution in [0.4, 0.5) is 13.2 Å². The molecular formula is C18H27F3IN3. The first-order chi connectivity index (χ1) is 11.3. The summed E-state index contributed by atoms with van der Waals surface area (Å²) in [5.41, 5.74) is 5.85. The van der Waals surface area contributed by atoms with Crippen molar-refractivity contribution < 1.29 is 13.2 Å². The van der Waals surface area contributed by atoms with E-state index in [1.54, 1.807) is 6.07 Å². The summed E-state index contributed by atoms with van der Waals surface area (Å²) in [7, 11) is 0. The van der Waals surface area contributed by atoms with E-state index in [9.17, 15) is 13.2 Å². The van der Waals surface area contributed by atoms with E-state index in [0.29, 0.717) is 12.5 Å². The fourth-order valence-electron chi connectivity index (χ4n) is 3.50. The third-order valence-corrected chi connectivity index (χ3v) is 4.99. The first kappa shape index (κ1) is 22.1. The molecule has 0 aromatic heterocycles. The molecule has 0 saturated heterocycles. The number of nitrogens with two attached hydrogens (primary N) is 1. The van der Waals surface area contributed by atoms with Crippen molar-refractivity contribution >= 4 is 29.9 Å². The van der Waals surface area contributed by atoms with Crippen LogP contribution in [0.5, 0.6) is 0 Å². The van der Waals surface area contributed by atoms with Crippen molar-refractivity contribution in [3.8, 4) is 0 Å². The molecule has 1 saturated carbocycles. The molecule has 1 aromatic carbocycles. The molecule has 7 heteroatoms. The minimum absolute atomic E-state index is 0. The minimum atomic E-state index is -4.32. The fourth-order valence-corrected chi connectivity index (χ4v) is 3.50. The molecule has 0 radical (unpaired) electrons. The van der Waals surface area contributed by atoms with E-state index in [-0.39, 0.29) is 29.4 Å². The van der Waals surface area contributed by atoms with Crippen LogP contribution in [0.15, 0.2) is 29.3 Å². The average Bonchev–Trinajstić information content (AvgIpc) is 3.04. The number of alkyl halides is 3. The normalized spacial score (nSPS) is 17.2. The number of hydrogen-bond donors (Lipinski definition) is 1. The number of rotatable bonds is 5. The van der Waals surface area contributed by atoms with E-state index >= 15 is 0 Å². The van der Waals surface area contributed by atoms with Crippen molar-refractivity contribution in [3.63, 3.8) is 0 Å². The molecule has 0 heterocycles. The highest BCUT2D eigenvalue weighted by Crippen LogP contribution is 2.43. The number of halogens is 4. The van der Waals surface area contributed by atoms with Gasteiger partial charge in [0.25, 0.3) is 0 Å². The maximum absolute atomic E-state index is 13.0. The second kappa shape index (κ2) is 9.09. The molecule has 1 aromatic rings. The highest BCUT2D eigenvalue weighted by molar-refractivity contribution is 14.0. The Labute approximate surface area is 164 Å². The predicted octanol–water partition coefficient (Wildman–Crippen LogP) is 4.79. The maximum Gasteiger partial charge on any atom is 0.416 e. The van der Waals surface area contributed by atoms with Gasteiger partial charge in [0.05, 0.1) is 12.1 Å². The Kier molecular flexibility index (Phi) is 8.02. The van der Waals surface area contributed by atoms with Crippen molar-refractivity contribution in [2.75, 3.05) is 19.6 Å². The molecule has 2 N–H and O–H groups in total. The van der Waals surface area contributed by atoms with Crippen molar-refractivity contribution in [1.82, 2.24) is 4.90 Å². The lowest BCUT2D eigenvalue weighted by Crippen LogP contribution is -2.38. The molecule has 0 bridgehead atoms. The Balaban J connectivity index is 0.00000312. The van der Waals surface area contributed by atoms with Crippen molar-refractivity contribution in [2.45, 2.75) is 51.1 Å². The predicted molar refractivity (Wildman–Crippen MR) is 106 cm³/mol. The van der Waals surface area contributed by atoms with Gasteiger partial charge in [0.1, 0.15) is 0 Å². The second-order valence-corrected chi connectivity index (χ2v) is 6.41. The molecule has 0 unspecified atom stereocenters. The zero-order valence-corrected chi connectivity index (χ0v) is 17.1. The van der Waals surface area contributed by atoms with Gasteiger partial charge in [0, 0.05) is 18.5 Å². The lowest BCUT2D eigenvalue weighted by atomic mass is 9.78. The smallest absolute Gasteiger partial charge is 0.370 e. The third-order valence-electron chi connectivity index (χ3n) is 4.99. The Bertz CT molecular complexity index is 577. The second-order valence-electron chi connectivity index (χ2n) is 6.41. The van der Waals surface area contributed by atoms with Crippen LogP contribution in [0.25, 0.3) is 0 Å². The van der Waals surface area contributed by atoms with E-state index in [1.807, 2.05) is 18.7 Å². The van der Waals surface area contributed by atoms with E-state index in [0.717, 1.165) is 50.4 Å². The Hall–Kier alpha value is -0.990. The van der Waals surface area contributed by atoms with E-state index in [4.69, 9.17) is 5.73 Å². The number of aliphatic imine (C=N–C) groups is 1. The van der Waals surface area contributed by atoms with Gasteiger partial charge < -0.3 is 10.6 Å². The van der Waals surface area contributed by atoms with Crippen molar-refractivity contribution in [2.24, 2.45) is 10.7 Å². The SMILES string of the molecule is CCN(CC)C(N)=NCC1(c2cccc(C(F)(F)F)c2)CCCC1.I. The summed E-state index contributed by atoms with van der Waals surface area (Å²) in [6, 6.07) is 5.70. The topological polar surface area (TPSA) is 41.6 Å². The summed E-state index contributed by atoms with van der Waals surface area (Å²) in [6.07, 6.45) is -0.597. The van der Waals surface area contributed by atoms with Gasteiger partial charge in [-0.15, -0.1) is 24.0 Å². The minimum Gasteiger partial charge on any atom is -0.370 e. The van der Waals surface area contributed by atoms with E-state index < -0.39 is 11.7 Å². The largest absolute Gasteiger partial charge is 0.416 e. The maximum atomic E-state index is 13.0. The molecule has 2 rings (SSSR count). The summed E-state index contributed by atoms with van der Waals surface area (Å²) in [6.45, 7) is 5.98. The summed E-state index contributed by atoms with van der Waals surface area (Å²) in [5, 5.41) is 0. The highest BCUT2D eigenvalue weighted by Gasteiger charge is 2.38. The van der Waals surface area contributed by atoms with Gasteiger partial charge in [-0.1, -0.05) is 31.0 Å². The molecular weight excluding hydrogens is 442 g/mol. The zero-order valence-electron chi connectivity index (χ0n) is 14.8. The average molecular weight is 469 g/mol. The molecule has 142 valence electrons. The first-order valence-corrected chi connectivity index (χ1v) is 8.55. The van der Waals surface area contributed by atoms with Crippen LogP contribution in [0.1, 0.15) is 50.7 Å². The van der Waals surface area contributed by atoms with Crippen molar-refractivity contribution in [1.29, 1.82) is 0 Å². The molecule has 3 nitrogen and oxygen atoms in total. The third kappa shape index (κ3) is 5.24. The fraction of sp³-hybridized carbons (Fsp3) is 0.611. The molecule has 0 atom stereocenters. The van der Waals surface area contributed by atoms with Gasteiger partial charge in [-0.3, -0.25) is 4.99 Å². The molecule has 1 aliphatic carbocycles. The summed E-state index contributed by atoms with van der Waals surface area (Å²) < 4.78 is 39.1. The van der Waals surface area contributed by atoms with Crippen LogP contribution in [0, 0.1) is 0 Å². The number of nitrogens with zero attached hydrogens (tertiary/aromatic N) is 2.